The zero-order chi connectivity index (χ0) is 19.7. The van der Waals surface area contributed by atoms with E-state index in [0.717, 1.165) is 22.3 Å². The average molecular weight is 374 g/mol. The third-order valence-corrected chi connectivity index (χ3v) is 4.60. The first kappa shape index (κ1) is 18.0. The Bertz CT molecular complexity index is 1080. The summed E-state index contributed by atoms with van der Waals surface area (Å²) in [5, 5.41) is 0. The number of hydrogen-bond acceptors (Lipinski definition) is 3. The number of halogens is 1. The lowest BCUT2D eigenvalue weighted by atomic mass is 10.0. The molecule has 28 heavy (non-hydrogen) atoms. The van der Waals surface area contributed by atoms with Gasteiger partial charge in [0.05, 0.1) is 5.56 Å². The highest BCUT2D eigenvalue weighted by Gasteiger charge is 2.30. The summed E-state index contributed by atoms with van der Waals surface area (Å²) < 4.78 is 24.7. The van der Waals surface area contributed by atoms with Crippen LogP contribution in [-0.4, -0.2) is 5.78 Å². The highest BCUT2D eigenvalue weighted by Crippen LogP contribution is 2.37. The summed E-state index contributed by atoms with van der Waals surface area (Å²) in [6.45, 7) is 4.17. The topological polar surface area (TPSA) is 35.5 Å². The predicted octanol–water partition coefficient (Wildman–Crippen LogP) is 5.64. The molecule has 0 aliphatic carbocycles. The van der Waals surface area contributed by atoms with Crippen molar-refractivity contribution < 1.29 is 18.7 Å². The van der Waals surface area contributed by atoms with Crippen molar-refractivity contribution in [2.45, 2.75) is 20.5 Å². The van der Waals surface area contributed by atoms with Gasteiger partial charge in [0.1, 0.15) is 23.9 Å². The summed E-state index contributed by atoms with van der Waals surface area (Å²) in [5.74, 6) is 0.999. The fourth-order valence-corrected chi connectivity index (χ4v) is 3.22. The number of Topliss-reactive ketones (excluding diaryl/α,β-unsaturated/α-hetero) is 1. The van der Waals surface area contributed by atoms with Crippen LogP contribution in [-0.2, 0) is 6.61 Å². The van der Waals surface area contributed by atoms with Gasteiger partial charge >= 0.3 is 0 Å². The van der Waals surface area contributed by atoms with Crippen molar-refractivity contribution in [2.24, 2.45) is 0 Å². The molecule has 4 rings (SSSR count). The van der Waals surface area contributed by atoms with Crippen LogP contribution in [0.2, 0.25) is 0 Å². The molecule has 3 aromatic rings. The van der Waals surface area contributed by atoms with Gasteiger partial charge in [0.15, 0.2) is 5.76 Å². The van der Waals surface area contributed by atoms with E-state index < -0.39 is 0 Å². The normalized spacial score (nSPS) is 14.1. The van der Waals surface area contributed by atoms with E-state index in [9.17, 15) is 9.18 Å². The van der Waals surface area contributed by atoms with Gasteiger partial charge in [-0.2, -0.15) is 0 Å². The first-order valence-corrected chi connectivity index (χ1v) is 9.02. The summed E-state index contributed by atoms with van der Waals surface area (Å²) in [4.78, 5) is 12.8. The van der Waals surface area contributed by atoms with E-state index in [4.69, 9.17) is 9.47 Å². The molecule has 0 radical (unpaired) electrons. The number of allylic oxidation sites excluding steroid dienone is 1. The molecule has 140 valence electrons. The second kappa shape index (κ2) is 7.31. The molecule has 0 N–H and O–H groups in total. The van der Waals surface area contributed by atoms with Crippen LogP contribution in [0.1, 0.15) is 32.6 Å². The molecule has 0 atom stereocenters. The van der Waals surface area contributed by atoms with Crippen LogP contribution in [0.15, 0.2) is 66.4 Å². The van der Waals surface area contributed by atoms with Crippen molar-refractivity contribution in [1.82, 2.24) is 0 Å². The molecule has 3 nitrogen and oxygen atoms in total. The van der Waals surface area contributed by atoms with Gasteiger partial charge in [0, 0.05) is 6.07 Å². The van der Waals surface area contributed by atoms with Crippen LogP contribution < -0.4 is 9.47 Å². The fourth-order valence-electron chi connectivity index (χ4n) is 3.22. The minimum absolute atomic E-state index is 0.126. The van der Waals surface area contributed by atoms with E-state index in [2.05, 4.69) is 0 Å². The van der Waals surface area contributed by atoms with Crippen LogP contribution in [0.3, 0.4) is 0 Å². The van der Waals surface area contributed by atoms with Gasteiger partial charge in [-0.1, -0.05) is 42.0 Å². The van der Waals surface area contributed by atoms with Gasteiger partial charge < -0.3 is 9.47 Å². The van der Waals surface area contributed by atoms with Gasteiger partial charge in [-0.05, 0) is 54.8 Å². The van der Waals surface area contributed by atoms with E-state index >= 15 is 0 Å². The summed E-state index contributed by atoms with van der Waals surface area (Å²) >= 11 is 0. The number of aryl methyl sites for hydroxylation is 2. The number of ether oxygens (including phenoxy) is 2. The molecule has 1 aliphatic rings. The molecular weight excluding hydrogens is 355 g/mol. The lowest BCUT2D eigenvalue weighted by Gasteiger charge is -2.09. The molecule has 0 saturated heterocycles. The average Bonchev–Trinajstić information content (AvgIpc) is 2.97. The second-order valence-corrected chi connectivity index (χ2v) is 6.88. The molecule has 0 aromatic heterocycles. The number of ketones is 1. The Hall–Kier alpha value is -3.40. The molecule has 1 aliphatic heterocycles. The summed E-state index contributed by atoms with van der Waals surface area (Å²) in [6, 6.07) is 17.6. The van der Waals surface area contributed by atoms with Crippen LogP contribution in [0.4, 0.5) is 4.39 Å². The maximum absolute atomic E-state index is 13.0. The molecule has 4 heteroatoms. The number of hydrogen-bond donors (Lipinski definition) is 0. The number of rotatable bonds is 4. The van der Waals surface area contributed by atoms with E-state index in [-0.39, 0.29) is 11.6 Å². The van der Waals surface area contributed by atoms with Gasteiger partial charge in [-0.3, -0.25) is 4.79 Å². The summed E-state index contributed by atoms with van der Waals surface area (Å²) in [5.41, 5.74) is 4.25. The molecule has 0 fully saturated rings. The molecule has 0 amide bonds. The zero-order valence-corrected chi connectivity index (χ0v) is 15.7. The minimum Gasteiger partial charge on any atom is -0.489 e. The maximum Gasteiger partial charge on any atom is 0.232 e. The number of fused-ring (bicyclic) bond motifs is 1. The van der Waals surface area contributed by atoms with E-state index in [1.54, 1.807) is 24.3 Å². The predicted molar refractivity (Wildman–Crippen MR) is 106 cm³/mol. The SMILES string of the molecule is Cc1cccc(/C=C2\Oc3cc(OCc4ccc(F)cc4)cc(C)c3C2=O)c1. The van der Waals surface area contributed by atoms with Crippen LogP contribution in [0, 0.1) is 19.7 Å². The van der Waals surface area contributed by atoms with E-state index in [1.807, 2.05) is 44.2 Å². The molecule has 1 heterocycles. The van der Waals surface area contributed by atoms with Crippen LogP contribution in [0.5, 0.6) is 11.5 Å². The van der Waals surface area contributed by atoms with Crippen molar-refractivity contribution in [3.8, 4) is 11.5 Å². The molecule has 3 aromatic carbocycles. The quantitative estimate of drug-likeness (QED) is 0.555. The Morgan fingerprint density at radius 2 is 1.82 bits per heavy atom. The van der Waals surface area contributed by atoms with Crippen molar-refractivity contribution >= 4 is 11.9 Å². The lowest BCUT2D eigenvalue weighted by Crippen LogP contribution is -2.00. The third-order valence-electron chi connectivity index (χ3n) is 4.60. The van der Waals surface area contributed by atoms with E-state index in [1.165, 1.54) is 12.1 Å². The Morgan fingerprint density at radius 3 is 2.57 bits per heavy atom. The van der Waals surface area contributed by atoms with Gasteiger partial charge in [0.25, 0.3) is 0 Å². The highest BCUT2D eigenvalue weighted by molar-refractivity contribution is 6.15. The Labute approximate surface area is 163 Å². The smallest absolute Gasteiger partial charge is 0.232 e. The van der Waals surface area contributed by atoms with Crippen LogP contribution >= 0.6 is 0 Å². The first-order chi connectivity index (χ1) is 13.5. The third kappa shape index (κ3) is 3.67. The van der Waals surface area contributed by atoms with Crippen molar-refractivity contribution in [2.75, 3.05) is 0 Å². The largest absolute Gasteiger partial charge is 0.489 e. The number of carbonyl (C=O) groups is 1. The van der Waals surface area contributed by atoms with Gasteiger partial charge in [-0.15, -0.1) is 0 Å². The lowest BCUT2D eigenvalue weighted by molar-refractivity contribution is 0.101. The van der Waals surface area contributed by atoms with E-state index in [0.29, 0.717) is 29.4 Å². The van der Waals surface area contributed by atoms with Crippen molar-refractivity contribution in [3.05, 3.63) is 100 Å². The first-order valence-electron chi connectivity index (χ1n) is 9.02. The maximum atomic E-state index is 13.0. The Morgan fingerprint density at radius 1 is 1.04 bits per heavy atom. The van der Waals surface area contributed by atoms with Gasteiger partial charge in [-0.25, -0.2) is 4.39 Å². The summed E-state index contributed by atoms with van der Waals surface area (Å²) in [6.07, 6.45) is 1.76. The van der Waals surface area contributed by atoms with Crippen LogP contribution in [0.25, 0.3) is 6.08 Å². The Kier molecular flexibility index (Phi) is 4.70. The standard InChI is InChI=1S/C24H19FO3/c1-15-4-3-5-18(10-15)12-22-24(26)23-16(2)11-20(13-21(23)28-22)27-14-17-6-8-19(25)9-7-17/h3-13H,14H2,1-2H3/b22-12-. The van der Waals surface area contributed by atoms with Gasteiger partial charge in [0.2, 0.25) is 5.78 Å². The Balaban J connectivity index is 1.56. The molecule has 0 saturated carbocycles. The molecule has 0 bridgehead atoms. The molecule has 0 spiro atoms. The molecular formula is C24H19FO3. The van der Waals surface area contributed by atoms with Crippen molar-refractivity contribution in [1.29, 1.82) is 0 Å². The zero-order valence-electron chi connectivity index (χ0n) is 15.7. The fraction of sp³-hybridized carbons (Fsp3) is 0.125. The summed E-state index contributed by atoms with van der Waals surface area (Å²) in [7, 11) is 0. The number of benzene rings is 3. The number of carbonyl (C=O) groups excluding carboxylic acids is 1. The van der Waals surface area contributed by atoms with Crippen molar-refractivity contribution in [3.63, 3.8) is 0 Å². The second-order valence-electron chi connectivity index (χ2n) is 6.88. The highest BCUT2D eigenvalue weighted by atomic mass is 19.1. The monoisotopic (exact) mass is 374 g/mol. The molecule has 0 unspecified atom stereocenters. The minimum atomic E-state index is -0.281.